The van der Waals surface area contributed by atoms with E-state index in [1.165, 1.54) is 0 Å². The maximum atomic E-state index is 12.5. The van der Waals surface area contributed by atoms with Crippen molar-refractivity contribution in [3.8, 4) is 5.75 Å². The molecule has 1 aliphatic heterocycles. The Hall–Kier alpha value is -1.55. The average Bonchev–Trinajstić information content (AvgIpc) is 2.75. The monoisotopic (exact) mass is 277 g/mol. The molecule has 0 aromatic heterocycles. The number of hydrogen-bond acceptors (Lipinski definition) is 3. The van der Waals surface area contributed by atoms with Crippen molar-refractivity contribution in [1.29, 1.82) is 0 Å². The third kappa shape index (κ3) is 2.52. The molecule has 4 nitrogen and oxygen atoms in total. The summed E-state index contributed by atoms with van der Waals surface area (Å²) in [7, 11) is 1.60. The molecule has 0 radical (unpaired) electrons. The zero-order valence-electron chi connectivity index (χ0n) is 12.6. The minimum atomic E-state index is -0.790. The fourth-order valence-electron chi connectivity index (χ4n) is 2.84. The van der Waals surface area contributed by atoms with Crippen LogP contribution in [0, 0.1) is 11.8 Å². The Bertz CT molecular complexity index is 483. The van der Waals surface area contributed by atoms with Crippen LogP contribution >= 0.6 is 0 Å². The lowest BCUT2D eigenvalue weighted by Crippen LogP contribution is -2.43. The number of carbonyl (C=O) groups excluding carboxylic acids is 1. The van der Waals surface area contributed by atoms with E-state index in [-0.39, 0.29) is 17.7 Å². The summed E-state index contributed by atoms with van der Waals surface area (Å²) in [6.07, 6.45) is 0. The van der Waals surface area contributed by atoms with Gasteiger partial charge in [0.05, 0.1) is 19.3 Å². The van der Waals surface area contributed by atoms with E-state index in [4.69, 9.17) is 4.74 Å². The Kier molecular flexibility index (Phi) is 4.04. The molecule has 1 heterocycles. The molecule has 1 aliphatic rings. The van der Waals surface area contributed by atoms with Gasteiger partial charge in [-0.05, 0) is 30.2 Å². The predicted molar refractivity (Wildman–Crippen MR) is 77.8 cm³/mol. The van der Waals surface area contributed by atoms with Gasteiger partial charge in [0.25, 0.3) is 5.91 Å². The molecular weight excluding hydrogens is 254 g/mol. The Morgan fingerprint density at radius 1 is 1.40 bits per heavy atom. The van der Waals surface area contributed by atoms with E-state index >= 15 is 0 Å². The van der Waals surface area contributed by atoms with Gasteiger partial charge in [-0.1, -0.05) is 20.8 Å². The van der Waals surface area contributed by atoms with Crippen molar-refractivity contribution in [3.63, 3.8) is 0 Å². The van der Waals surface area contributed by atoms with E-state index in [1.807, 2.05) is 20.8 Å². The van der Waals surface area contributed by atoms with Gasteiger partial charge < -0.3 is 14.7 Å². The van der Waals surface area contributed by atoms with Crippen LogP contribution in [0.15, 0.2) is 24.3 Å². The van der Waals surface area contributed by atoms with E-state index in [1.54, 1.807) is 36.3 Å². The van der Waals surface area contributed by atoms with E-state index in [0.29, 0.717) is 18.7 Å². The Morgan fingerprint density at radius 2 is 2.00 bits per heavy atom. The minimum absolute atomic E-state index is 0.0314. The molecule has 110 valence electrons. The van der Waals surface area contributed by atoms with Crippen molar-refractivity contribution in [3.05, 3.63) is 29.8 Å². The fraction of sp³-hybridized carbons (Fsp3) is 0.562. The quantitative estimate of drug-likeness (QED) is 0.921. The molecule has 1 aromatic rings. The van der Waals surface area contributed by atoms with Gasteiger partial charge in [-0.25, -0.2) is 0 Å². The van der Waals surface area contributed by atoms with Crippen molar-refractivity contribution in [2.75, 3.05) is 20.2 Å². The number of benzene rings is 1. The molecule has 0 aliphatic carbocycles. The maximum absolute atomic E-state index is 12.5. The van der Waals surface area contributed by atoms with Crippen molar-refractivity contribution in [2.45, 2.75) is 26.4 Å². The van der Waals surface area contributed by atoms with Crippen LogP contribution in [0.4, 0.5) is 0 Å². The topological polar surface area (TPSA) is 49.8 Å². The summed E-state index contributed by atoms with van der Waals surface area (Å²) < 4.78 is 5.09. The number of methoxy groups -OCH3 is 1. The van der Waals surface area contributed by atoms with Gasteiger partial charge in [0.2, 0.25) is 0 Å². The van der Waals surface area contributed by atoms with Gasteiger partial charge in [-0.2, -0.15) is 0 Å². The van der Waals surface area contributed by atoms with Gasteiger partial charge in [-0.15, -0.1) is 0 Å². The lowest BCUT2D eigenvalue weighted by atomic mass is 9.82. The average molecular weight is 277 g/mol. The van der Waals surface area contributed by atoms with Gasteiger partial charge in [0, 0.05) is 18.0 Å². The van der Waals surface area contributed by atoms with Crippen LogP contribution in [0.2, 0.25) is 0 Å². The third-order valence-corrected chi connectivity index (χ3v) is 4.42. The largest absolute Gasteiger partial charge is 0.497 e. The molecule has 0 spiro atoms. The molecule has 1 N–H and O–H groups in total. The van der Waals surface area contributed by atoms with Gasteiger partial charge in [0.15, 0.2) is 0 Å². The number of β-amino-alcohol motifs (C(OH)–C–C–N with tert-alkyl or cyclic N) is 1. The predicted octanol–water partition coefficient (Wildman–Crippen LogP) is 2.17. The zero-order valence-corrected chi connectivity index (χ0v) is 12.6. The highest BCUT2D eigenvalue weighted by Gasteiger charge is 2.46. The molecule has 20 heavy (non-hydrogen) atoms. The van der Waals surface area contributed by atoms with Crippen molar-refractivity contribution >= 4 is 5.91 Å². The highest BCUT2D eigenvalue weighted by molar-refractivity contribution is 5.94. The normalized spacial score (nSPS) is 26.1. The summed E-state index contributed by atoms with van der Waals surface area (Å²) >= 11 is 0. The van der Waals surface area contributed by atoms with Crippen LogP contribution in [0.5, 0.6) is 5.75 Å². The smallest absolute Gasteiger partial charge is 0.253 e. The number of likely N-dealkylation sites (tertiary alicyclic amines) is 1. The second-order valence-corrected chi connectivity index (χ2v) is 5.96. The molecule has 1 saturated heterocycles. The van der Waals surface area contributed by atoms with Crippen molar-refractivity contribution < 1.29 is 14.6 Å². The number of nitrogens with zero attached hydrogens (tertiary/aromatic N) is 1. The highest BCUT2D eigenvalue weighted by atomic mass is 16.5. The van der Waals surface area contributed by atoms with E-state index in [0.717, 1.165) is 5.75 Å². The van der Waals surface area contributed by atoms with Crippen molar-refractivity contribution in [2.24, 2.45) is 11.8 Å². The van der Waals surface area contributed by atoms with Crippen LogP contribution in [0.1, 0.15) is 31.1 Å². The lowest BCUT2D eigenvalue weighted by Gasteiger charge is -2.31. The molecule has 1 fully saturated rings. The second-order valence-electron chi connectivity index (χ2n) is 5.96. The first kappa shape index (κ1) is 14.9. The van der Waals surface area contributed by atoms with Crippen LogP contribution in [-0.4, -0.2) is 41.7 Å². The Labute approximate surface area is 120 Å². The summed E-state index contributed by atoms with van der Waals surface area (Å²) in [5, 5.41) is 10.7. The Balaban J connectivity index is 2.14. The van der Waals surface area contributed by atoms with Crippen LogP contribution in [-0.2, 0) is 0 Å². The molecule has 1 aromatic carbocycles. The van der Waals surface area contributed by atoms with Crippen LogP contribution < -0.4 is 4.74 Å². The summed E-state index contributed by atoms with van der Waals surface area (Å²) in [4.78, 5) is 14.2. The van der Waals surface area contributed by atoms with E-state index in [9.17, 15) is 9.90 Å². The molecule has 0 bridgehead atoms. The van der Waals surface area contributed by atoms with E-state index in [2.05, 4.69) is 0 Å². The Morgan fingerprint density at radius 3 is 2.45 bits per heavy atom. The molecule has 2 rings (SSSR count). The van der Waals surface area contributed by atoms with Gasteiger partial charge in [-0.3, -0.25) is 4.79 Å². The van der Waals surface area contributed by atoms with E-state index < -0.39 is 5.60 Å². The van der Waals surface area contributed by atoms with Crippen LogP contribution in [0.25, 0.3) is 0 Å². The molecule has 0 unspecified atom stereocenters. The summed E-state index contributed by atoms with van der Waals surface area (Å²) in [5.41, 5.74) is -0.159. The number of carbonyl (C=O) groups is 1. The second kappa shape index (κ2) is 5.44. The molecule has 1 amide bonds. The van der Waals surface area contributed by atoms with Gasteiger partial charge in [0.1, 0.15) is 5.75 Å². The first-order valence-electron chi connectivity index (χ1n) is 7.04. The zero-order chi connectivity index (χ0) is 14.9. The minimum Gasteiger partial charge on any atom is -0.497 e. The lowest BCUT2D eigenvalue weighted by molar-refractivity contribution is -0.0243. The standard InChI is InChI=1S/C16H23NO3/c1-11(2)16(19)10-17(9-12(16)3)15(18)13-5-7-14(20-4)8-6-13/h5-8,11-12,19H,9-10H2,1-4H3/t12-,16-/m1/s1. The number of hydrogen-bond donors (Lipinski definition) is 1. The first-order chi connectivity index (χ1) is 9.38. The summed E-state index contributed by atoms with van der Waals surface area (Å²) in [6, 6.07) is 7.08. The number of amides is 1. The maximum Gasteiger partial charge on any atom is 0.253 e. The molecule has 0 saturated carbocycles. The third-order valence-electron chi connectivity index (χ3n) is 4.42. The summed E-state index contributed by atoms with van der Waals surface area (Å²) in [5.74, 6) is 0.918. The first-order valence-corrected chi connectivity index (χ1v) is 7.04. The van der Waals surface area contributed by atoms with Crippen LogP contribution in [0.3, 0.4) is 0 Å². The number of ether oxygens (including phenoxy) is 1. The highest BCUT2D eigenvalue weighted by Crippen LogP contribution is 2.34. The molecule has 2 atom stereocenters. The number of aliphatic hydroxyl groups is 1. The number of rotatable bonds is 3. The van der Waals surface area contributed by atoms with Gasteiger partial charge >= 0.3 is 0 Å². The SMILES string of the molecule is COc1ccc(C(=O)N2C[C@@H](C)[C@](O)(C(C)C)C2)cc1. The fourth-order valence-corrected chi connectivity index (χ4v) is 2.84. The molecular formula is C16H23NO3. The van der Waals surface area contributed by atoms with Crippen molar-refractivity contribution in [1.82, 2.24) is 4.90 Å². The molecule has 4 heteroatoms. The summed E-state index contributed by atoms with van der Waals surface area (Å²) in [6.45, 7) is 6.99.